The van der Waals surface area contributed by atoms with E-state index >= 15 is 0 Å². The van der Waals surface area contributed by atoms with Crippen molar-refractivity contribution < 1.29 is 23.1 Å². The zero-order valence-electron chi connectivity index (χ0n) is 12.7. The SMILES string of the molecule is O=C(NC[C@](O)(c1ccccc1)C(F)(F)F)c1ccc2ncsc2c1. The Hall–Kier alpha value is -2.45. The van der Waals surface area contributed by atoms with E-state index in [1.165, 1.54) is 41.7 Å². The first kappa shape index (κ1) is 17.4. The molecule has 2 N–H and O–H groups in total. The standard InChI is InChI=1S/C17H13F3N2O2S/c18-17(19,20)16(24,12-4-2-1-3-5-12)9-21-15(23)11-6-7-13-14(8-11)25-10-22-13/h1-8,10,24H,9H2,(H,21,23)/t16-/m0/s1. The number of hydrogen-bond acceptors (Lipinski definition) is 4. The maximum Gasteiger partial charge on any atom is 0.423 e. The molecule has 0 aliphatic carbocycles. The number of alkyl halides is 3. The number of benzene rings is 2. The van der Waals surface area contributed by atoms with Crippen LogP contribution in [0.25, 0.3) is 10.2 Å². The van der Waals surface area contributed by atoms with E-state index in [9.17, 15) is 23.1 Å². The summed E-state index contributed by atoms with van der Waals surface area (Å²) in [6, 6.07) is 11.3. The fourth-order valence-corrected chi connectivity index (χ4v) is 3.10. The van der Waals surface area contributed by atoms with Crippen molar-refractivity contribution in [3.05, 3.63) is 65.2 Å². The number of carbonyl (C=O) groups is 1. The third-order valence-electron chi connectivity index (χ3n) is 3.82. The molecular weight excluding hydrogens is 353 g/mol. The molecule has 0 spiro atoms. The maximum atomic E-state index is 13.4. The van der Waals surface area contributed by atoms with Gasteiger partial charge in [0.2, 0.25) is 5.60 Å². The minimum absolute atomic E-state index is 0.203. The maximum absolute atomic E-state index is 13.4. The number of halogens is 3. The second-order valence-electron chi connectivity index (χ2n) is 5.44. The van der Waals surface area contributed by atoms with Gasteiger partial charge in [0.1, 0.15) is 0 Å². The molecule has 25 heavy (non-hydrogen) atoms. The Labute approximate surface area is 144 Å². The average molecular weight is 366 g/mol. The molecular formula is C17H13F3N2O2S. The Morgan fingerprint density at radius 3 is 2.56 bits per heavy atom. The van der Waals surface area contributed by atoms with Gasteiger partial charge in [-0.15, -0.1) is 11.3 Å². The Morgan fingerprint density at radius 1 is 1.16 bits per heavy atom. The van der Waals surface area contributed by atoms with E-state index in [1.807, 2.05) is 0 Å². The van der Waals surface area contributed by atoms with Crippen LogP contribution in [0.5, 0.6) is 0 Å². The zero-order chi connectivity index (χ0) is 18.1. The second-order valence-corrected chi connectivity index (χ2v) is 6.33. The predicted octanol–water partition coefficient (Wildman–Crippen LogP) is 3.48. The van der Waals surface area contributed by atoms with Gasteiger partial charge in [0.25, 0.3) is 5.91 Å². The van der Waals surface area contributed by atoms with Crippen LogP contribution >= 0.6 is 11.3 Å². The molecule has 0 aliphatic heterocycles. The Morgan fingerprint density at radius 2 is 1.88 bits per heavy atom. The quantitative estimate of drug-likeness (QED) is 0.743. The zero-order valence-corrected chi connectivity index (χ0v) is 13.6. The number of fused-ring (bicyclic) bond motifs is 1. The lowest BCUT2D eigenvalue weighted by molar-refractivity contribution is -0.263. The topological polar surface area (TPSA) is 62.2 Å². The van der Waals surface area contributed by atoms with E-state index in [0.717, 1.165) is 4.70 Å². The van der Waals surface area contributed by atoms with Crippen LogP contribution in [-0.2, 0) is 5.60 Å². The molecule has 1 atom stereocenters. The third-order valence-corrected chi connectivity index (χ3v) is 4.61. The Kier molecular flexibility index (Phi) is 4.49. The fraction of sp³-hybridized carbons (Fsp3) is 0.176. The first-order valence-corrected chi connectivity index (χ1v) is 8.15. The third kappa shape index (κ3) is 3.35. The van der Waals surface area contributed by atoms with E-state index in [-0.39, 0.29) is 11.1 Å². The summed E-state index contributed by atoms with van der Waals surface area (Å²) < 4.78 is 41.0. The predicted molar refractivity (Wildman–Crippen MR) is 88.3 cm³/mol. The highest BCUT2D eigenvalue weighted by Crippen LogP contribution is 2.38. The van der Waals surface area contributed by atoms with Gasteiger partial charge in [0.15, 0.2) is 0 Å². The first-order valence-electron chi connectivity index (χ1n) is 7.27. The van der Waals surface area contributed by atoms with Crippen LogP contribution in [0, 0.1) is 0 Å². The summed E-state index contributed by atoms with van der Waals surface area (Å²) in [5.74, 6) is -0.700. The van der Waals surface area contributed by atoms with Crippen molar-refractivity contribution in [1.82, 2.24) is 10.3 Å². The van der Waals surface area contributed by atoms with E-state index in [0.29, 0.717) is 5.52 Å². The van der Waals surface area contributed by atoms with Crippen LogP contribution < -0.4 is 5.32 Å². The molecule has 0 radical (unpaired) electrons. The summed E-state index contributed by atoms with van der Waals surface area (Å²) in [6.07, 6.45) is -4.94. The molecule has 0 fully saturated rings. The van der Waals surface area contributed by atoms with Gasteiger partial charge in [-0.25, -0.2) is 4.98 Å². The van der Waals surface area contributed by atoms with Crippen LogP contribution in [0.3, 0.4) is 0 Å². The number of amides is 1. The number of thiazole rings is 1. The molecule has 2 aromatic carbocycles. The van der Waals surface area contributed by atoms with Gasteiger partial charge in [-0.05, 0) is 23.8 Å². The Bertz CT molecular complexity index is 896. The summed E-state index contributed by atoms with van der Waals surface area (Å²) in [5, 5.41) is 12.4. The second kappa shape index (κ2) is 6.45. The van der Waals surface area contributed by atoms with Crippen molar-refractivity contribution in [2.24, 2.45) is 0 Å². The largest absolute Gasteiger partial charge is 0.423 e. The average Bonchev–Trinajstić information content (AvgIpc) is 3.06. The molecule has 0 saturated heterocycles. The lowest BCUT2D eigenvalue weighted by Crippen LogP contribution is -2.51. The molecule has 0 bridgehead atoms. The number of rotatable bonds is 4. The van der Waals surface area contributed by atoms with Gasteiger partial charge in [-0.1, -0.05) is 30.3 Å². The summed E-state index contributed by atoms with van der Waals surface area (Å²) >= 11 is 1.32. The molecule has 0 unspecified atom stereocenters. The fourth-order valence-electron chi connectivity index (χ4n) is 2.39. The van der Waals surface area contributed by atoms with Crippen LogP contribution in [0.15, 0.2) is 54.0 Å². The van der Waals surface area contributed by atoms with Crippen molar-refractivity contribution in [3.63, 3.8) is 0 Å². The van der Waals surface area contributed by atoms with Crippen LogP contribution in [0.1, 0.15) is 15.9 Å². The van der Waals surface area contributed by atoms with Gasteiger partial charge >= 0.3 is 6.18 Å². The summed E-state index contributed by atoms with van der Waals surface area (Å²) in [7, 11) is 0. The normalized spacial score (nSPS) is 14.2. The van der Waals surface area contributed by atoms with Crippen molar-refractivity contribution in [3.8, 4) is 0 Å². The van der Waals surface area contributed by atoms with E-state index in [1.54, 1.807) is 23.7 Å². The number of nitrogens with zero attached hydrogens (tertiary/aromatic N) is 1. The summed E-state index contributed by atoms with van der Waals surface area (Å²) in [4.78, 5) is 16.3. The number of hydrogen-bond donors (Lipinski definition) is 2. The molecule has 0 aliphatic rings. The van der Waals surface area contributed by atoms with Crippen molar-refractivity contribution in [1.29, 1.82) is 0 Å². The van der Waals surface area contributed by atoms with Gasteiger partial charge < -0.3 is 10.4 Å². The summed E-state index contributed by atoms with van der Waals surface area (Å²) in [5.41, 5.74) is -0.976. The number of carbonyl (C=O) groups excluding carboxylic acids is 1. The minimum Gasteiger partial charge on any atom is -0.375 e. The lowest BCUT2D eigenvalue weighted by Gasteiger charge is -2.31. The minimum atomic E-state index is -4.94. The highest BCUT2D eigenvalue weighted by atomic mass is 32.1. The van der Waals surface area contributed by atoms with Crippen molar-refractivity contribution >= 4 is 27.5 Å². The Balaban J connectivity index is 1.82. The molecule has 130 valence electrons. The van der Waals surface area contributed by atoms with Crippen molar-refractivity contribution in [2.45, 2.75) is 11.8 Å². The molecule has 0 saturated carbocycles. The molecule has 1 aromatic heterocycles. The monoisotopic (exact) mass is 366 g/mol. The molecule has 3 rings (SSSR count). The first-order chi connectivity index (χ1) is 11.8. The van der Waals surface area contributed by atoms with Crippen molar-refractivity contribution in [2.75, 3.05) is 6.54 Å². The van der Waals surface area contributed by atoms with Gasteiger partial charge in [0.05, 0.1) is 22.3 Å². The molecule has 3 aromatic rings. The van der Waals surface area contributed by atoms with E-state index in [4.69, 9.17) is 0 Å². The number of nitrogens with one attached hydrogen (secondary N) is 1. The van der Waals surface area contributed by atoms with Crippen LogP contribution in [0.2, 0.25) is 0 Å². The highest BCUT2D eigenvalue weighted by molar-refractivity contribution is 7.16. The van der Waals surface area contributed by atoms with Gasteiger partial charge in [-0.2, -0.15) is 13.2 Å². The summed E-state index contributed by atoms with van der Waals surface area (Å²) in [6.45, 7) is -0.986. The van der Waals surface area contributed by atoms with E-state index in [2.05, 4.69) is 10.3 Å². The molecule has 1 heterocycles. The smallest absolute Gasteiger partial charge is 0.375 e. The lowest BCUT2D eigenvalue weighted by atomic mass is 9.93. The molecule has 1 amide bonds. The number of aromatic nitrogens is 1. The number of aliphatic hydroxyl groups is 1. The van der Waals surface area contributed by atoms with Gasteiger partial charge in [-0.3, -0.25) is 4.79 Å². The molecule has 8 heteroatoms. The van der Waals surface area contributed by atoms with Crippen LogP contribution in [0.4, 0.5) is 13.2 Å². The highest BCUT2D eigenvalue weighted by Gasteiger charge is 2.55. The van der Waals surface area contributed by atoms with Crippen LogP contribution in [-0.4, -0.2) is 28.7 Å². The molecule has 4 nitrogen and oxygen atoms in total. The van der Waals surface area contributed by atoms with E-state index < -0.39 is 24.2 Å². The van der Waals surface area contributed by atoms with Gasteiger partial charge in [0, 0.05) is 5.56 Å².